The van der Waals surface area contributed by atoms with Crippen molar-refractivity contribution < 1.29 is 9.59 Å². The number of likely N-dealkylation sites (N-methyl/N-ethyl adjacent to an activating group) is 2. The molecule has 2 rings (SSSR count). The minimum absolute atomic E-state index is 0.0959. The molecular formula is C13H19N5O2. The Balaban J connectivity index is 1.97. The lowest BCUT2D eigenvalue weighted by Gasteiger charge is -2.26. The molecule has 7 nitrogen and oxygen atoms in total. The average Bonchev–Trinajstić information content (AvgIpc) is 2.78. The summed E-state index contributed by atoms with van der Waals surface area (Å²) in [6.45, 7) is 3.27. The predicted molar refractivity (Wildman–Crippen MR) is 72.8 cm³/mol. The molecule has 0 aliphatic carbocycles. The van der Waals surface area contributed by atoms with Gasteiger partial charge in [0.15, 0.2) is 0 Å². The summed E-state index contributed by atoms with van der Waals surface area (Å²) in [6, 6.07) is 1.53. The lowest BCUT2D eigenvalue weighted by Crippen LogP contribution is -2.41. The Kier molecular flexibility index (Phi) is 4.16. The van der Waals surface area contributed by atoms with E-state index in [1.54, 1.807) is 41.1 Å². The van der Waals surface area contributed by atoms with E-state index in [2.05, 4.69) is 9.97 Å². The number of hydrogen-bond acceptors (Lipinski definition) is 4. The van der Waals surface area contributed by atoms with E-state index in [1.165, 1.54) is 6.33 Å². The van der Waals surface area contributed by atoms with Crippen molar-refractivity contribution in [1.29, 1.82) is 0 Å². The van der Waals surface area contributed by atoms with E-state index in [0.717, 1.165) is 5.69 Å². The van der Waals surface area contributed by atoms with Crippen molar-refractivity contribution in [1.82, 2.24) is 24.7 Å². The number of nitrogens with zero attached hydrogens (tertiary/aromatic N) is 5. The summed E-state index contributed by atoms with van der Waals surface area (Å²) in [5, 5.41) is 0. The number of carbonyl (C=O) groups is 2. The van der Waals surface area contributed by atoms with E-state index in [4.69, 9.17) is 0 Å². The lowest BCUT2D eigenvalue weighted by atomic mass is 10.2. The first kappa shape index (κ1) is 14.2. The summed E-state index contributed by atoms with van der Waals surface area (Å²) in [5.74, 6) is -0.0974. The fraction of sp³-hybridized carbons (Fsp3) is 0.538. The molecule has 108 valence electrons. The molecular weight excluding hydrogens is 258 g/mol. The molecule has 1 aromatic rings. The van der Waals surface area contributed by atoms with Crippen molar-refractivity contribution in [3.8, 4) is 0 Å². The Morgan fingerprint density at radius 3 is 2.80 bits per heavy atom. The average molecular weight is 277 g/mol. The molecule has 1 unspecified atom stereocenters. The smallest absolute Gasteiger partial charge is 0.320 e. The van der Waals surface area contributed by atoms with Crippen LogP contribution in [0.25, 0.3) is 0 Å². The molecule has 1 saturated heterocycles. The Hall–Kier alpha value is -2.18. The number of aromatic nitrogens is 2. The lowest BCUT2D eigenvalue weighted by molar-refractivity contribution is -0.132. The summed E-state index contributed by atoms with van der Waals surface area (Å²) in [6.07, 6.45) is 3.11. The van der Waals surface area contributed by atoms with Crippen molar-refractivity contribution in [2.75, 3.05) is 33.7 Å². The van der Waals surface area contributed by atoms with Gasteiger partial charge in [0, 0.05) is 33.4 Å². The summed E-state index contributed by atoms with van der Waals surface area (Å²) in [5.41, 5.74) is 0.778. The third kappa shape index (κ3) is 2.87. The molecule has 0 N–H and O–H groups in total. The van der Waals surface area contributed by atoms with Gasteiger partial charge in [-0.1, -0.05) is 0 Å². The van der Waals surface area contributed by atoms with Crippen LogP contribution >= 0.6 is 0 Å². The first-order valence-corrected chi connectivity index (χ1v) is 6.52. The zero-order valence-electron chi connectivity index (χ0n) is 12.0. The fourth-order valence-corrected chi connectivity index (χ4v) is 2.09. The summed E-state index contributed by atoms with van der Waals surface area (Å²) < 4.78 is 0. The van der Waals surface area contributed by atoms with Crippen molar-refractivity contribution in [3.63, 3.8) is 0 Å². The number of rotatable bonds is 4. The SMILES string of the molecule is CC(c1ccncn1)N(C)C(=O)CN1CCN(C)C1=O. The van der Waals surface area contributed by atoms with E-state index in [-0.39, 0.29) is 24.5 Å². The second kappa shape index (κ2) is 5.85. The molecule has 1 atom stereocenters. The van der Waals surface area contributed by atoms with E-state index >= 15 is 0 Å². The number of amides is 3. The van der Waals surface area contributed by atoms with E-state index in [1.807, 2.05) is 6.92 Å². The number of hydrogen-bond donors (Lipinski definition) is 0. The molecule has 1 fully saturated rings. The van der Waals surface area contributed by atoms with Gasteiger partial charge in [-0.15, -0.1) is 0 Å². The molecule has 1 aliphatic heterocycles. The van der Waals surface area contributed by atoms with Crippen LogP contribution in [0.15, 0.2) is 18.6 Å². The van der Waals surface area contributed by atoms with Crippen LogP contribution in [0.2, 0.25) is 0 Å². The summed E-state index contributed by atoms with van der Waals surface area (Å²) >= 11 is 0. The molecule has 3 amide bonds. The van der Waals surface area contributed by atoms with E-state index < -0.39 is 0 Å². The quantitative estimate of drug-likeness (QED) is 0.797. The van der Waals surface area contributed by atoms with Crippen molar-refractivity contribution >= 4 is 11.9 Å². The molecule has 0 aromatic carbocycles. The maximum Gasteiger partial charge on any atom is 0.320 e. The highest BCUT2D eigenvalue weighted by atomic mass is 16.2. The number of urea groups is 1. The minimum atomic E-state index is -0.152. The zero-order valence-corrected chi connectivity index (χ0v) is 12.0. The molecule has 20 heavy (non-hydrogen) atoms. The maximum atomic E-state index is 12.2. The molecule has 1 aliphatic rings. The van der Waals surface area contributed by atoms with Crippen LogP contribution in [-0.2, 0) is 4.79 Å². The van der Waals surface area contributed by atoms with Crippen molar-refractivity contribution in [2.45, 2.75) is 13.0 Å². The van der Waals surface area contributed by atoms with Crippen LogP contribution < -0.4 is 0 Å². The second-order valence-electron chi connectivity index (χ2n) is 4.94. The first-order valence-electron chi connectivity index (χ1n) is 6.52. The standard InChI is InChI=1S/C13H19N5O2/c1-10(11-4-5-14-9-15-11)17(3)12(19)8-18-7-6-16(2)13(18)20/h4-5,9-10H,6-8H2,1-3H3. The Morgan fingerprint density at radius 1 is 1.50 bits per heavy atom. The van der Waals surface area contributed by atoms with Gasteiger partial charge in [0.05, 0.1) is 11.7 Å². The van der Waals surface area contributed by atoms with Crippen LogP contribution in [0.4, 0.5) is 4.79 Å². The minimum Gasteiger partial charge on any atom is -0.336 e. The molecule has 7 heteroatoms. The third-order valence-electron chi connectivity index (χ3n) is 3.64. The van der Waals surface area contributed by atoms with Gasteiger partial charge in [-0.3, -0.25) is 4.79 Å². The molecule has 0 spiro atoms. The molecule has 0 radical (unpaired) electrons. The van der Waals surface area contributed by atoms with Gasteiger partial charge in [-0.25, -0.2) is 14.8 Å². The van der Waals surface area contributed by atoms with Gasteiger partial charge in [0.25, 0.3) is 0 Å². The Morgan fingerprint density at radius 2 is 2.25 bits per heavy atom. The van der Waals surface area contributed by atoms with Crippen LogP contribution in [0.1, 0.15) is 18.7 Å². The van der Waals surface area contributed by atoms with Crippen LogP contribution in [0.5, 0.6) is 0 Å². The molecule has 1 aromatic heterocycles. The summed E-state index contributed by atoms with van der Waals surface area (Å²) in [4.78, 5) is 36.8. The second-order valence-corrected chi connectivity index (χ2v) is 4.94. The van der Waals surface area contributed by atoms with Crippen LogP contribution in [0, 0.1) is 0 Å². The van der Waals surface area contributed by atoms with Gasteiger partial charge >= 0.3 is 6.03 Å². The maximum absolute atomic E-state index is 12.2. The highest BCUT2D eigenvalue weighted by molar-refractivity contribution is 5.85. The topological polar surface area (TPSA) is 69.6 Å². The van der Waals surface area contributed by atoms with Crippen molar-refractivity contribution in [2.24, 2.45) is 0 Å². The van der Waals surface area contributed by atoms with Crippen LogP contribution in [0.3, 0.4) is 0 Å². The number of carbonyl (C=O) groups excluding carboxylic acids is 2. The Bertz CT molecular complexity index is 493. The molecule has 0 bridgehead atoms. The highest BCUT2D eigenvalue weighted by Gasteiger charge is 2.29. The molecule has 0 saturated carbocycles. The van der Waals surface area contributed by atoms with Crippen molar-refractivity contribution in [3.05, 3.63) is 24.3 Å². The van der Waals surface area contributed by atoms with E-state index in [0.29, 0.717) is 13.1 Å². The van der Waals surface area contributed by atoms with Gasteiger partial charge < -0.3 is 14.7 Å². The van der Waals surface area contributed by atoms with Gasteiger partial charge in [-0.05, 0) is 13.0 Å². The van der Waals surface area contributed by atoms with Crippen LogP contribution in [-0.4, -0.2) is 70.3 Å². The highest BCUT2D eigenvalue weighted by Crippen LogP contribution is 2.16. The monoisotopic (exact) mass is 277 g/mol. The first-order chi connectivity index (χ1) is 9.50. The van der Waals surface area contributed by atoms with Gasteiger partial charge in [0.1, 0.15) is 12.9 Å². The molecule has 2 heterocycles. The largest absolute Gasteiger partial charge is 0.336 e. The third-order valence-corrected chi connectivity index (χ3v) is 3.64. The Labute approximate surface area is 118 Å². The fourth-order valence-electron chi connectivity index (χ4n) is 2.09. The predicted octanol–water partition coefficient (Wildman–Crippen LogP) is 0.363. The van der Waals surface area contributed by atoms with Gasteiger partial charge in [0.2, 0.25) is 5.91 Å². The zero-order chi connectivity index (χ0) is 14.7. The normalized spacial score (nSPS) is 16.4. The van der Waals surface area contributed by atoms with E-state index in [9.17, 15) is 9.59 Å². The summed E-state index contributed by atoms with van der Waals surface area (Å²) in [7, 11) is 3.46. The van der Waals surface area contributed by atoms with Gasteiger partial charge in [-0.2, -0.15) is 0 Å².